The van der Waals surface area contributed by atoms with Crippen LogP contribution in [0.3, 0.4) is 0 Å². The van der Waals surface area contributed by atoms with E-state index in [4.69, 9.17) is 0 Å². The van der Waals surface area contributed by atoms with Crippen LogP contribution in [0.2, 0.25) is 0 Å². The molecular formula is C17H22ClN5O. The van der Waals surface area contributed by atoms with E-state index in [9.17, 15) is 4.79 Å². The number of aromatic nitrogens is 3. The van der Waals surface area contributed by atoms with Gasteiger partial charge in [-0.3, -0.25) is 9.89 Å². The molecule has 7 heteroatoms. The van der Waals surface area contributed by atoms with Gasteiger partial charge in [0.1, 0.15) is 5.82 Å². The molecular weight excluding hydrogens is 326 g/mol. The Kier molecular flexibility index (Phi) is 5.16. The minimum absolute atomic E-state index is 0. The second-order valence-corrected chi connectivity index (χ2v) is 6.39. The summed E-state index contributed by atoms with van der Waals surface area (Å²) in [4.78, 5) is 19.1. The van der Waals surface area contributed by atoms with Crippen molar-refractivity contribution in [3.05, 3.63) is 36.2 Å². The molecule has 1 aromatic carbocycles. The molecule has 2 N–H and O–H groups in total. The van der Waals surface area contributed by atoms with Crippen LogP contribution in [0.15, 0.2) is 30.3 Å². The Labute approximate surface area is 147 Å². The minimum atomic E-state index is 0. The van der Waals surface area contributed by atoms with Crippen LogP contribution in [0.25, 0.3) is 11.4 Å². The van der Waals surface area contributed by atoms with E-state index < -0.39 is 0 Å². The molecule has 0 bridgehead atoms. The fourth-order valence-corrected chi connectivity index (χ4v) is 3.30. The number of carbonyl (C=O) groups excluding carboxylic acids is 1. The Morgan fingerprint density at radius 3 is 2.71 bits per heavy atom. The van der Waals surface area contributed by atoms with E-state index in [0.717, 1.165) is 56.2 Å². The van der Waals surface area contributed by atoms with Gasteiger partial charge in [0.25, 0.3) is 0 Å². The molecule has 24 heavy (non-hydrogen) atoms. The number of nitrogens with one attached hydrogen (secondary N) is 2. The molecule has 0 spiro atoms. The van der Waals surface area contributed by atoms with Gasteiger partial charge in [-0.15, -0.1) is 12.4 Å². The molecule has 3 heterocycles. The van der Waals surface area contributed by atoms with Crippen LogP contribution in [-0.2, 0) is 4.79 Å². The van der Waals surface area contributed by atoms with Crippen LogP contribution >= 0.6 is 12.4 Å². The van der Waals surface area contributed by atoms with E-state index >= 15 is 0 Å². The van der Waals surface area contributed by atoms with Gasteiger partial charge in [-0.1, -0.05) is 30.3 Å². The van der Waals surface area contributed by atoms with E-state index in [1.54, 1.807) is 0 Å². The third kappa shape index (κ3) is 3.30. The van der Waals surface area contributed by atoms with Crippen molar-refractivity contribution in [3.63, 3.8) is 0 Å². The normalized spacial score (nSPS) is 21.0. The molecule has 0 radical (unpaired) electrons. The predicted molar refractivity (Wildman–Crippen MR) is 94.0 cm³/mol. The molecule has 0 saturated carbocycles. The first-order valence-corrected chi connectivity index (χ1v) is 8.28. The van der Waals surface area contributed by atoms with Crippen molar-refractivity contribution in [2.75, 3.05) is 26.2 Å². The Bertz CT molecular complexity index is 685. The number of nitrogens with zero attached hydrogens (tertiary/aromatic N) is 3. The van der Waals surface area contributed by atoms with Crippen LogP contribution in [0.5, 0.6) is 0 Å². The highest BCUT2D eigenvalue weighted by Gasteiger charge is 2.33. The number of H-pyrrole nitrogens is 1. The molecule has 1 atom stereocenters. The highest BCUT2D eigenvalue weighted by molar-refractivity contribution is 5.85. The van der Waals surface area contributed by atoms with Gasteiger partial charge in [-0.05, 0) is 12.8 Å². The Balaban J connectivity index is 0.00000169. The van der Waals surface area contributed by atoms with E-state index in [0.29, 0.717) is 0 Å². The van der Waals surface area contributed by atoms with E-state index in [1.807, 2.05) is 35.2 Å². The van der Waals surface area contributed by atoms with Gasteiger partial charge >= 0.3 is 0 Å². The highest BCUT2D eigenvalue weighted by Crippen LogP contribution is 2.27. The van der Waals surface area contributed by atoms with E-state index in [-0.39, 0.29) is 30.2 Å². The van der Waals surface area contributed by atoms with Crippen LogP contribution in [0, 0.1) is 5.92 Å². The average Bonchev–Trinajstić information content (AvgIpc) is 3.04. The van der Waals surface area contributed by atoms with Crippen molar-refractivity contribution in [3.8, 4) is 11.4 Å². The van der Waals surface area contributed by atoms with Crippen molar-refractivity contribution in [2.45, 2.75) is 18.8 Å². The van der Waals surface area contributed by atoms with Gasteiger partial charge in [0.05, 0.1) is 5.92 Å². The maximum atomic E-state index is 12.4. The van der Waals surface area contributed by atoms with Gasteiger partial charge in [-0.2, -0.15) is 5.10 Å². The molecule has 1 aromatic heterocycles. The van der Waals surface area contributed by atoms with Gasteiger partial charge in [0, 0.05) is 37.7 Å². The fourth-order valence-electron chi connectivity index (χ4n) is 3.30. The molecule has 2 aliphatic rings. The molecule has 4 rings (SSSR count). The largest absolute Gasteiger partial charge is 0.342 e. The third-order valence-corrected chi connectivity index (χ3v) is 4.79. The molecule has 0 aliphatic carbocycles. The number of carbonyl (C=O) groups is 1. The van der Waals surface area contributed by atoms with Crippen molar-refractivity contribution in [1.29, 1.82) is 0 Å². The van der Waals surface area contributed by atoms with Crippen LogP contribution in [0.1, 0.15) is 24.6 Å². The summed E-state index contributed by atoms with van der Waals surface area (Å²) in [7, 11) is 0. The number of halogens is 1. The zero-order valence-corrected chi connectivity index (χ0v) is 14.3. The highest BCUT2D eigenvalue weighted by atomic mass is 35.5. The van der Waals surface area contributed by atoms with Crippen LogP contribution in [0.4, 0.5) is 0 Å². The topological polar surface area (TPSA) is 73.9 Å². The van der Waals surface area contributed by atoms with Gasteiger partial charge in [-0.25, -0.2) is 4.98 Å². The minimum Gasteiger partial charge on any atom is -0.342 e. The monoisotopic (exact) mass is 347 g/mol. The molecule has 2 fully saturated rings. The van der Waals surface area contributed by atoms with Crippen molar-refractivity contribution >= 4 is 18.3 Å². The number of amides is 1. The summed E-state index contributed by atoms with van der Waals surface area (Å²) in [5.74, 6) is 2.34. The summed E-state index contributed by atoms with van der Waals surface area (Å²) < 4.78 is 0. The zero-order valence-electron chi connectivity index (χ0n) is 13.4. The lowest BCUT2D eigenvalue weighted by atomic mass is 9.94. The second kappa shape index (κ2) is 7.32. The average molecular weight is 348 g/mol. The Hall–Kier alpha value is -1.92. The Morgan fingerprint density at radius 2 is 2.00 bits per heavy atom. The fraction of sp³-hybridized carbons (Fsp3) is 0.471. The lowest BCUT2D eigenvalue weighted by Crippen LogP contribution is -2.53. The molecule has 2 aliphatic heterocycles. The van der Waals surface area contributed by atoms with E-state index in [1.165, 1.54) is 0 Å². The maximum absolute atomic E-state index is 12.4. The first kappa shape index (κ1) is 16.9. The molecule has 1 amide bonds. The molecule has 6 nitrogen and oxygen atoms in total. The first-order valence-electron chi connectivity index (χ1n) is 8.28. The SMILES string of the molecule is Cl.O=C(C1CNC1)N1CCCC(c2nc(-c3ccccc3)n[nH]2)C1. The maximum Gasteiger partial charge on any atom is 0.228 e. The summed E-state index contributed by atoms with van der Waals surface area (Å²) >= 11 is 0. The van der Waals surface area contributed by atoms with E-state index in [2.05, 4.69) is 20.5 Å². The number of hydrogen-bond acceptors (Lipinski definition) is 4. The zero-order chi connectivity index (χ0) is 15.6. The van der Waals surface area contributed by atoms with Crippen LogP contribution < -0.4 is 5.32 Å². The summed E-state index contributed by atoms with van der Waals surface area (Å²) in [5.41, 5.74) is 1.01. The molecule has 2 aromatic rings. The summed E-state index contributed by atoms with van der Waals surface area (Å²) in [5, 5.41) is 10.6. The van der Waals surface area contributed by atoms with Gasteiger partial charge in [0.2, 0.25) is 5.91 Å². The van der Waals surface area contributed by atoms with Crippen molar-refractivity contribution < 1.29 is 4.79 Å². The lowest BCUT2D eigenvalue weighted by Gasteiger charge is -2.36. The quantitative estimate of drug-likeness (QED) is 0.888. The summed E-state index contributed by atoms with van der Waals surface area (Å²) in [6, 6.07) is 9.97. The number of benzene rings is 1. The molecule has 128 valence electrons. The number of aromatic amines is 1. The van der Waals surface area contributed by atoms with Gasteiger partial charge in [0.15, 0.2) is 5.82 Å². The molecule has 1 unspecified atom stereocenters. The first-order chi connectivity index (χ1) is 11.3. The smallest absolute Gasteiger partial charge is 0.228 e. The molecule has 2 saturated heterocycles. The Morgan fingerprint density at radius 1 is 1.21 bits per heavy atom. The van der Waals surface area contributed by atoms with Crippen LogP contribution in [-0.4, -0.2) is 52.2 Å². The number of likely N-dealkylation sites (tertiary alicyclic amines) is 1. The number of piperidine rings is 1. The lowest BCUT2D eigenvalue weighted by molar-refractivity contribution is -0.138. The number of rotatable bonds is 3. The predicted octanol–water partition coefficient (Wildman–Crippen LogP) is 1.82. The van der Waals surface area contributed by atoms with Crippen molar-refractivity contribution in [1.82, 2.24) is 25.4 Å². The third-order valence-electron chi connectivity index (χ3n) is 4.79. The summed E-state index contributed by atoms with van der Waals surface area (Å²) in [6.45, 7) is 3.26. The standard InChI is InChI=1S/C17H21N5O.ClH/c23-17(14-9-18-10-14)22-8-4-7-13(11-22)16-19-15(20-21-16)12-5-2-1-3-6-12;/h1-3,5-6,13-14,18H,4,7-11H2,(H,19,20,21);1H. The van der Waals surface area contributed by atoms with Crippen molar-refractivity contribution in [2.24, 2.45) is 5.92 Å². The number of hydrogen-bond donors (Lipinski definition) is 2. The van der Waals surface area contributed by atoms with Gasteiger partial charge < -0.3 is 10.2 Å². The summed E-state index contributed by atoms with van der Waals surface area (Å²) in [6.07, 6.45) is 2.08. The second-order valence-electron chi connectivity index (χ2n) is 6.39.